The first-order valence-corrected chi connectivity index (χ1v) is 15.3. The molecule has 39 heavy (non-hydrogen) atoms. The summed E-state index contributed by atoms with van der Waals surface area (Å²) in [7, 11) is -1.28. The van der Waals surface area contributed by atoms with Crippen LogP contribution in [0.15, 0.2) is 88.4 Å². The zero-order valence-electron chi connectivity index (χ0n) is 24.4. The summed E-state index contributed by atoms with van der Waals surface area (Å²) in [6, 6.07) is 28.9. The number of para-hydroxylation sites is 4. The normalized spacial score (nSPS) is 12.2. The molecule has 3 aromatic carbocycles. The quantitative estimate of drug-likeness (QED) is 0.190. The molecule has 0 fully saturated rings. The SMILES string of the molecule is CC(C)n1c(=NP(N=c2n(C(C)C)c3ccccc3n2C(C)C)c2ccccc2)n(C(C)C)c2ccccc21. The third-order valence-corrected chi connectivity index (χ3v) is 8.58. The molecule has 0 saturated carbocycles. The molecular formula is C32H41N6P. The molecule has 0 radical (unpaired) electrons. The largest absolute Gasteiger partial charge is 0.307 e. The fourth-order valence-electron chi connectivity index (χ4n) is 5.50. The van der Waals surface area contributed by atoms with Crippen LogP contribution in [0.25, 0.3) is 22.1 Å². The predicted molar refractivity (Wildman–Crippen MR) is 166 cm³/mol. The summed E-state index contributed by atoms with van der Waals surface area (Å²) in [5, 5.41) is 1.14. The average Bonchev–Trinajstić information content (AvgIpc) is 3.41. The van der Waals surface area contributed by atoms with Crippen LogP contribution >= 0.6 is 8.22 Å². The van der Waals surface area contributed by atoms with Crippen molar-refractivity contribution in [3.63, 3.8) is 0 Å². The highest BCUT2D eigenvalue weighted by Gasteiger charge is 2.21. The van der Waals surface area contributed by atoms with Crippen LogP contribution < -0.4 is 16.5 Å². The Morgan fingerprint density at radius 1 is 0.436 bits per heavy atom. The molecule has 0 aliphatic carbocycles. The average molecular weight is 541 g/mol. The smallest absolute Gasteiger partial charge is 0.212 e. The van der Waals surface area contributed by atoms with E-state index < -0.39 is 8.22 Å². The second kappa shape index (κ2) is 11.0. The van der Waals surface area contributed by atoms with Gasteiger partial charge >= 0.3 is 0 Å². The zero-order valence-corrected chi connectivity index (χ0v) is 25.3. The summed E-state index contributed by atoms with van der Waals surface area (Å²) >= 11 is 0. The van der Waals surface area contributed by atoms with Crippen molar-refractivity contribution in [3.8, 4) is 0 Å². The number of benzene rings is 3. The molecule has 0 aliphatic heterocycles. The lowest BCUT2D eigenvalue weighted by Crippen LogP contribution is -2.30. The van der Waals surface area contributed by atoms with Gasteiger partial charge < -0.3 is 18.3 Å². The van der Waals surface area contributed by atoms with Crippen LogP contribution in [0.1, 0.15) is 79.6 Å². The third kappa shape index (κ3) is 4.91. The Bertz CT molecular complexity index is 1520. The van der Waals surface area contributed by atoms with Crippen molar-refractivity contribution in [2.45, 2.75) is 79.6 Å². The Balaban J connectivity index is 1.93. The minimum atomic E-state index is -1.28. The Kier molecular flexibility index (Phi) is 7.68. The van der Waals surface area contributed by atoms with E-state index in [4.69, 9.17) is 9.53 Å². The standard InChI is InChI=1S/C32H41N6P/c1-22(2)35-27-18-12-13-19-28(27)36(23(3)4)31(35)33-39(26-16-10-9-11-17-26)34-32-37(24(5)6)29-20-14-15-21-30(29)38(32)25(7)8/h9-25H,1-8H3. The molecule has 2 heterocycles. The zero-order chi connectivity index (χ0) is 27.8. The molecule has 0 unspecified atom stereocenters. The number of hydrogen-bond acceptors (Lipinski definition) is 2. The van der Waals surface area contributed by atoms with Gasteiger partial charge in [-0.25, -0.2) is 0 Å². The minimum absolute atomic E-state index is 0.254. The molecule has 0 amide bonds. The second-order valence-corrected chi connectivity index (χ2v) is 12.8. The van der Waals surface area contributed by atoms with Gasteiger partial charge in [0, 0.05) is 29.5 Å². The van der Waals surface area contributed by atoms with Crippen LogP contribution in [0.2, 0.25) is 0 Å². The predicted octanol–water partition coefficient (Wildman–Crippen LogP) is 7.66. The van der Waals surface area contributed by atoms with Crippen molar-refractivity contribution >= 4 is 35.6 Å². The summed E-state index contributed by atoms with van der Waals surface area (Å²) in [4.78, 5) is 0. The van der Waals surface area contributed by atoms with Crippen molar-refractivity contribution in [1.29, 1.82) is 0 Å². The molecule has 2 aromatic heterocycles. The van der Waals surface area contributed by atoms with E-state index in [-0.39, 0.29) is 24.2 Å². The van der Waals surface area contributed by atoms with Gasteiger partial charge in [-0.2, -0.15) is 9.53 Å². The van der Waals surface area contributed by atoms with E-state index in [0.29, 0.717) is 0 Å². The van der Waals surface area contributed by atoms with Crippen molar-refractivity contribution in [2.75, 3.05) is 0 Å². The minimum Gasteiger partial charge on any atom is -0.307 e. The fourth-order valence-corrected chi connectivity index (χ4v) is 6.94. The third-order valence-electron chi connectivity index (χ3n) is 7.08. The molecule has 204 valence electrons. The van der Waals surface area contributed by atoms with Crippen molar-refractivity contribution in [1.82, 2.24) is 18.3 Å². The second-order valence-electron chi connectivity index (χ2n) is 11.3. The number of imidazole rings is 2. The molecular weight excluding hydrogens is 499 g/mol. The van der Waals surface area contributed by atoms with Gasteiger partial charge in [-0.05, 0) is 79.7 Å². The molecule has 0 aliphatic rings. The van der Waals surface area contributed by atoms with E-state index in [1.165, 1.54) is 22.1 Å². The Morgan fingerprint density at radius 3 is 1.00 bits per heavy atom. The van der Waals surface area contributed by atoms with Gasteiger partial charge in [0.2, 0.25) is 11.2 Å². The maximum Gasteiger partial charge on any atom is 0.212 e. The highest BCUT2D eigenvalue weighted by Crippen LogP contribution is 2.37. The van der Waals surface area contributed by atoms with E-state index in [2.05, 4.69) is 153 Å². The van der Waals surface area contributed by atoms with Crippen LogP contribution in [0.5, 0.6) is 0 Å². The summed E-state index contributed by atoms with van der Waals surface area (Å²) in [6.07, 6.45) is 0. The Morgan fingerprint density at radius 2 is 0.718 bits per heavy atom. The number of aromatic nitrogens is 4. The first-order valence-electron chi connectivity index (χ1n) is 14.1. The number of fused-ring (bicyclic) bond motifs is 2. The molecule has 6 nitrogen and oxygen atoms in total. The molecule has 0 atom stereocenters. The van der Waals surface area contributed by atoms with Crippen molar-refractivity contribution in [2.24, 2.45) is 9.53 Å². The maximum absolute atomic E-state index is 5.57. The molecule has 0 saturated heterocycles. The van der Waals surface area contributed by atoms with E-state index in [1.807, 2.05) is 0 Å². The monoisotopic (exact) mass is 540 g/mol. The Hall–Kier alpha value is -3.37. The fraction of sp³-hybridized carbons (Fsp3) is 0.375. The van der Waals surface area contributed by atoms with Gasteiger partial charge in [0.1, 0.15) is 0 Å². The molecule has 0 bridgehead atoms. The van der Waals surface area contributed by atoms with E-state index in [1.54, 1.807) is 0 Å². The lowest BCUT2D eigenvalue weighted by atomic mass is 10.3. The molecule has 0 N–H and O–H groups in total. The maximum atomic E-state index is 5.57. The van der Waals surface area contributed by atoms with Crippen LogP contribution in [-0.4, -0.2) is 18.3 Å². The number of hydrogen-bond donors (Lipinski definition) is 0. The first kappa shape index (κ1) is 27.2. The summed E-state index contributed by atoms with van der Waals surface area (Å²) in [5.74, 6) is 0. The molecule has 5 rings (SSSR count). The van der Waals surface area contributed by atoms with Crippen molar-refractivity contribution in [3.05, 3.63) is 90.1 Å². The van der Waals surface area contributed by atoms with E-state index >= 15 is 0 Å². The lowest BCUT2D eigenvalue weighted by molar-refractivity contribution is 0.522. The summed E-state index contributed by atoms with van der Waals surface area (Å²) < 4.78 is 20.6. The van der Waals surface area contributed by atoms with Gasteiger partial charge in [-0.3, -0.25) is 0 Å². The van der Waals surface area contributed by atoms with Crippen LogP contribution in [0, 0.1) is 0 Å². The van der Waals surface area contributed by atoms with E-state index in [0.717, 1.165) is 16.5 Å². The number of rotatable bonds is 7. The number of nitrogens with zero attached hydrogens (tertiary/aromatic N) is 6. The topological polar surface area (TPSA) is 44.4 Å². The molecule has 5 aromatic rings. The van der Waals surface area contributed by atoms with E-state index in [9.17, 15) is 0 Å². The van der Waals surface area contributed by atoms with Gasteiger partial charge in [-0.15, -0.1) is 0 Å². The van der Waals surface area contributed by atoms with Gasteiger partial charge in [0.15, 0.2) is 8.22 Å². The summed E-state index contributed by atoms with van der Waals surface area (Å²) in [6.45, 7) is 17.9. The van der Waals surface area contributed by atoms with Gasteiger partial charge in [0.25, 0.3) is 0 Å². The summed E-state index contributed by atoms with van der Waals surface area (Å²) in [5.41, 5.74) is 6.77. The van der Waals surface area contributed by atoms with Crippen LogP contribution in [0.3, 0.4) is 0 Å². The van der Waals surface area contributed by atoms with Crippen LogP contribution in [0.4, 0.5) is 0 Å². The molecule has 7 heteroatoms. The highest BCUT2D eigenvalue weighted by molar-refractivity contribution is 7.62. The highest BCUT2D eigenvalue weighted by atomic mass is 31.1. The Labute approximate surface area is 232 Å². The lowest BCUT2D eigenvalue weighted by Gasteiger charge is -2.16. The molecule has 0 spiro atoms. The van der Waals surface area contributed by atoms with Gasteiger partial charge in [-0.1, -0.05) is 54.6 Å². The van der Waals surface area contributed by atoms with Gasteiger partial charge in [0.05, 0.1) is 22.1 Å². The van der Waals surface area contributed by atoms with Crippen LogP contribution in [-0.2, 0) is 0 Å². The van der Waals surface area contributed by atoms with Crippen molar-refractivity contribution < 1.29 is 0 Å². The first-order chi connectivity index (χ1) is 18.7.